The van der Waals surface area contributed by atoms with Gasteiger partial charge in [-0.3, -0.25) is 0 Å². The Balaban J connectivity index is 1.81. The molecule has 0 saturated heterocycles. The van der Waals surface area contributed by atoms with Gasteiger partial charge in [0.2, 0.25) is 0 Å². The van der Waals surface area contributed by atoms with Crippen molar-refractivity contribution >= 4 is 11.4 Å². The van der Waals surface area contributed by atoms with Gasteiger partial charge in [0.05, 0.1) is 11.4 Å². The highest BCUT2D eigenvalue weighted by atomic mass is 19.2. The molecule has 0 atom stereocenters. The van der Waals surface area contributed by atoms with Crippen molar-refractivity contribution in [2.75, 3.05) is 0 Å². The van der Waals surface area contributed by atoms with Crippen molar-refractivity contribution in [1.29, 1.82) is 0 Å². The molecule has 0 amide bonds. The molecule has 0 radical (unpaired) electrons. The molecular weight excluding hydrogens is 354 g/mol. The Labute approximate surface area is 164 Å². The molecule has 2 nitrogen and oxygen atoms in total. The highest BCUT2D eigenvalue weighted by molar-refractivity contribution is 5.52. The van der Waals surface area contributed by atoms with E-state index >= 15 is 0 Å². The van der Waals surface area contributed by atoms with Crippen LogP contribution in [0.15, 0.2) is 70.9 Å². The number of nitrogens with zero attached hydrogens (tertiary/aromatic N) is 2. The van der Waals surface area contributed by atoms with Gasteiger partial charge < -0.3 is 0 Å². The molecule has 0 spiro atoms. The van der Waals surface area contributed by atoms with Crippen LogP contribution in [-0.2, 0) is 12.8 Å². The van der Waals surface area contributed by atoms with E-state index in [9.17, 15) is 8.78 Å². The fourth-order valence-corrected chi connectivity index (χ4v) is 2.68. The summed E-state index contributed by atoms with van der Waals surface area (Å²) in [5.41, 5.74) is 5.15. The SMILES string of the molecule is CCc1ccc(C#Cc2ccc(N=Nc3ccc(F)c(F)c3)cc2CC)cc1. The molecule has 3 aromatic carbocycles. The van der Waals surface area contributed by atoms with Crippen LogP contribution in [0.2, 0.25) is 0 Å². The van der Waals surface area contributed by atoms with Crippen LogP contribution >= 0.6 is 0 Å². The Kier molecular flexibility index (Phi) is 6.29. The van der Waals surface area contributed by atoms with Gasteiger partial charge in [-0.1, -0.05) is 37.8 Å². The Morgan fingerprint density at radius 1 is 0.714 bits per heavy atom. The summed E-state index contributed by atoms with van der Waals surface area (Å²) in [6, 6.07) is 17.3. The molecule has 4 heteroatoms. The third-order valence-electron chi connectivity index (χ3n) is 4.36. The van der Waals surface area contributed by atoms with Crippen molar-refractivity contribution in [2.24, 2.45) is 10.2 Å². The second-order valence-electron chi connectivity index (χ2n) is 6.29. The zero-order valence-electron chi connectivity index (χ0n) is 15.8. The van der Waals surface area contributed by atoms with Crippen LogP contribution in [0.4, 0.5) is 20.2 Å². The molecule has 0 aliphatic rings. The van der Waals surface area contributed by atoms with Crippen LogP contribution in [0, 0.1) is 23.5 Å². The summed E-state index contributed by atoms with van der Waals surface area (Å²) >= 11 is 0. The topological polar surface area (TPSA) is 24.7 Å². The molecule has 0 N–H and O–H groups in total. The van der Waals surface area contributed by atoms with Crippen LogP contribution in [0.1, 0.15) is 36.1 Å². The molecule has 0 aliphatic carbocycles. The lowest BCUT2D eigenvalue weighted by Crippen LogP contribution is -1.87. The summed E-state index contributed by atoms with van der Waals surface area (Å²) in [6.45, 7) is 4.17. The van der Waals surface area contributed by atoms with Crippen molar-refractivity contribution in [2.45, 2.75) is 26.7 Å². The molecule has 0 bridgehead atoms. The maximum atomic E-state index is 13.3. The zero-order valence-corrected chi connectivity index (χ0v) is 15.8. The Morgan fingerprint density at radius 3 is 2.04 bits per heavy atom. The van der Waals surface area contributed by atoms with E-state index in [0.29, 0.717) is 5.69 Å². The van der Waals surface area contributed by atoms with Gasteiger partial charge in [0.15, 0.2) is 11.6 Å². The molecule has 0 fully saturated rings. The second kappa shape index (κ2) is 9.05. The first-order valence-electron chi connectivity index (χ1n) is 9.19. The van der Waals surface area contributed by atoms with E-state index in [4.69, 9.17) is 0 Å². The van der Waals surface area contributed by atoms with Gasteiger partial charge in [-0.05, 0) is 66.4 Å². The summed E-state index contributed by atoms with van der Waals surface area (Å²) in [5.74, 6) is 4.57. The number of azo groups is 1. The fraction of sp³-hybridized carbons (Fsp3) is 0.167. The Morgan fingerprint density at radius 2 is 1.39 bits per heavy atom. The van der Waals surface area contributed by atoms with Crippen molar-refractivity contribution in [3.63, 3.8) is 0 Å². The van der Waals surface area contributed by atoms with Crippen LogP contribution in [0.5, 0.6) is 0 Å². The lowest BCUT2D eigenvalue weighted by Gasteiger charge is -2.03. The number of hydrogen-bond donors (Lipinski definition) is 0. The summed E-state index contributed by atoms with van der Waals surface area (Å²) in [5, 5.41) is 8.10. The minimum absolute atomic E-state index is 0.261. The minimum Gasteiger partial charge on any atom is -0.204 e. The molecule has 3 aromatic rings. The molecule has 0 saturated carbocycles. The van der Waals surface area contributed by atoms with Crippen molar-refractivity contribution in [1.82, 2.24) is 0 Å². The molecule has 0 unspecified atom stereocenters. The standard InChI is InChI=1S/C24H20F2N2/c1-3-17-5-7-18(8-6-17)9-10-20-11-12-21(15-19(20)4-2)27-28-22-13-14-23(25)24(26)16-22/h5-8,11-16H,3-4H2,1-2H3. The fourth-order valence-electron chi connectivity index (χ4n) is 2.68. The average molecular weight is 374 g/mol. The first-order valence-corrected chi connectivity index (χ1v) is 9.19. The van der Waals surface area contributed by atoms with E-state index in [1.54, 1.807) is 0 Å². The molecule has 0 heterocycles. The van der Waals surface area contributed by atoms with E-state index < -0.39 is 11.6 Å². The average Bonchev–Trinajstić information content (AvgIpc) is 2.73. The Bertz CT molecular complexity index is 1060. The summed E-state index contributed by atoms with van der Waals surface area (Å²) < 4.78 is 26.2. The van der Waals surface area contributed by atoms with E-state index in [1.165, 1.54) is 11.6 Å². The van der Waals surface area contributed by atoms with Gasteiger partial charge in [-0.25, -0.2) is 8.78 Å². The van der Waals surface area contributed by atoms with Crippen LogP contribution in [-0.4, -0.2) is 0 Å². The first kappa shape index (κ1) is 19.4. The van der Waals surface area contributed by atoms with Gasteiger partial charge in [0, 0.05) is 17.2 Å². The third kappa shape index (κ3) is 4.89. The molecular formula is C24H20F2N2. The van der Waals surface area contributed by atoms with Crippen molar-refractivity contribution < 1.29 is 8.78 Å². The smallest absolute Gasteiger partial charge is 0.161 e. The van der Waals surface area contributed by atoms with E-state index in [-0.39, 0.29) is 5.69 Å². The lowest BCUT2D eigenvalue weighted by molar-refractivity contribution is 0.509. The largest absolute Gasteiger partial charge is 0.204 e. The first-order chi connectivity index (χ1) is 13.6. The van der Waals surface area contributed by atoms with Crippen molar-refractivity contribution in [3.8, 4) is 11.8 Å². The van der Waals surface area contributed by atoms with E-state index in [0.717, 1.165) is 41.7 Å². The van der Waals surface area contributed by atoms with Gasteiger partial charge in [0.25, 0.3) is 0 Å². The number of aryl methyl sites for hydroxylation is 2. The van der Waals surface area contributed by atoms with E-state index in [1.807, 2.05) is 37.3 Å². The number of hydrogen-bond acceptors (Lipinski definition) is 2. The highest BCUT2D eigenvalue weighted by Crippen LogP contribution is 2.23. The quantitative estimate of drug-likeness (QED) is 0.350. The molecule has 0 aliphatic heterocycles. The van der Waals surface area contributed by atoms with Gasteiger partial charge in [0.1, 0.15) is 0 Å². The predicted molar refractivity (Wildman–Crippen MR) is 108 cm³/mol. The number of rotatable bonds is 4. The van der Waals surface area contributed by atoms with Gasteiger partial charge in [-0.15, -0.1) is 0 Å². The van der Waals surface area contributed by atoms with Crippen molar-refractivity contribution in [3.05, 3.63) is 94.6 Å². The minimum atomic E-state index is -0.941. The van der Waals surface area contributed by atoms with E-state index in [2.05, 4.69) is 41.1 Å². The van der Waals surface area contributed by atoms with Gasteiger partial charge in [-0.2, -0.15) is 10.2 Å². The third-order valence-corrected chi connectivity index (χ3v) is 4.36. The summed E-state index contributed by atoms with van der Waals surface area (Å²) in [4.78, 5) is 0. The molecule has 3 rings (SSSR count). The molecule has 28 heavy (non-hydrogen) atoms. The number of halogens is 2. The maximum absolute atomic E-state index is 13.3. The summed E-state index contributed by atoms with van der Waals surface area (Å²) in [7, 11) is 0. The predicted octanol–water partition coefficient (Wildman–Crippen LogP) is 6.90. The van der Waals surface area contributed by atoms with Crippen LogP contribution < -0.4 is 0 Å². The zero-order chi connectivity index (χ0) is 19.9. The summed E-state index contributed by atoms with van der Waals surface area (Å²) in [6.07, 6.45) is 1.81. The van der Waals surface area contributed by atoms with Crippen LogP contribution in [0.3, 0.4) is 0 Å². The molecule has 0 aromatic heterocycles. The van der Waals surface area contributed by atoms with Crippen LogP contribution in [0.25, 0.3) is 0 Å². The lowest BCUT2D eigenvalue weighted by atomic mass is 10.0. The number of benzene rings is 3. The second-order valence-corrected chi connectivity index (χ2v) is 6.29. The van der Waals surface area contributed by atoms with Gasteiger partial charge >= 0.3 is 0 Å². The maximum Gasteiger partial charge on any atom is 0.161 e. The molecule has 140 valence electrons. The normalized spacial score (nSPS) is 10.7. The Hall–Kier alpha value is -3.32. The highest BCUT2D eigenvalue weighted by Gasteiger charge is 2.03. The monoisotopic (exact) mass is 374 g/mol.